The molecule has 1 aromatic carbocycles. The van der Waals surface area contributed by atoms with Gasteiger partial charge >= 0.3 is 6.18 Å². The lowest BCUT2D eigenvalue weighted by atomic mass is 10.2. The quantitative estimate of drug-likeness (QED) is 0.652. The van der Waals surface area contributed by atoms with Crippen molar-refractivity contribution in [1.82, 2.24) is 10.3 Å². The van der Waals surface area contributed by atoms with Crippen molar-refractivity contribution >= 4 is 45.0 Å². The van der Waals surface area contributed by atoms with Crippen LogP contribution in [0.1, 0.15) is 15.9 Å². The number of amides is 2. The SMILES string of the molecule is Cc1cc(NC(=O)CNC(=O)c2cnc(OCC(F)(F)F)c(Cl)c2)ccc1Br. The maximum atomic E-state index is 12.2. The van der Waals surface area contributed by atoms with Gasteiger partial charge in [-0.2, -0.15) is 13.2 Å². The number of alkyl halides is 3. The monoisotopic (exact) mass is 479 g/mol. The summed E-state index contributed by atoms with van der Waals surface area (Å²) in [6.45, 7) is -0.0147. The zero-order valence-electron chi connectivity index (χ0n) is 14.4. The summed E-state index contributed by atoms with van der Waals surface area (Å²) in [4.78, 5) is 27.6. The van der Waals surface area contributed by atoms with Crippen LogP contribution in [0.25, 0.3) is 0 Å². The Hall–Kier alpha value is -2.33. The maximum Gasteiger partial charge on any atom is 0.422 e. The highest BCUT2D eigenvalue weighted by atomic mass is 79.9. The van der Waals surface area contributed by atoms with Gasteiger partial charge in [-0.25, -0.2) is 4.98 Å². The fourth-order valence-corrected chi connectivity index (χ4v) is 2.46. The van der Waals surface area contributed by atoms with Crippen molar-refractivity contribution in [3.63, 3.8) is 0 Å². The predicted octanol–water partition coefficient (Wildman–Crippen LogP) is 4.12. The predicted molar refractivity (Wildman–Crippen MR) is 101 cm³/mol. The van der Waals surface area contributed by atoms with E-state index in [1.165, 1.54) is 0 Å². The van der Waals surface area contributed by atoms with E-state index < -0.39 is 30.5 Å². The third-order valence-electron chi connectivity index (χ3n) is 3.29. The summed E-state index contributed by atoms with van der Waals surface area (Å²) in [5, 5.41) is 4.74. The van der Waals surface area contributed by atoms with Crippen LogP contribution in [0.5, 0.6) is 5.88 Å². The number of hydrogen-bond acceptors (Lipinski definition) is 4. The molecule has 0 aliphatic rings. The second-order valence-electron chi connectivity index (χ2n) is 5.61. The molecule has 0 aliphatic carbocycles. The minimum atomic E-state index is -4.54. The van der Waals surface area contributed by atoms with Gasteiger partial charge in [0.2, 0.25) is 11.8 Å². The summed E-state index contributed by atoms with van der Waals surface area (Å²) in [5.74, 6) is -1.57. The second-order valence-corrected chi connectivity index (χ2v) is 6.87. The van der Waals surface area contributed by atoms with Crippen molar-refractivity contribution in [2.24, 2.45) is 0 Å². The Kier molecular flexibility index (Phi) is 7.25. The molecular weight excluding hydrogens is 467 g/mol. The standard InChI is InChI=1S/C17H14BrClF3N3O3/c1-9-4-11(2-3-12(9)18)25-14(26)7-23-15(27)10-5-13(19)16(24-6-10)28-8-17(20,21)22/h2-6H,7-8H2,1H3,(H,23,27)(H,25,26). The van der Waals surface area contributed by atoms with Gasteiger partial charge in [-0.05, 0) is 36.8 Å². The molecule has 0 saturated heterocycles. The van der Waals surface area contributed by atoms with Crippen LogP contribution in [0.3, 0.4) is 0 Å². The van der Waals surface area contributed by atoms with Crippen molar-refractivity contribution in [3.05, 3.63) is 51.1 Å². The van der Waals surface area contributed by atoms with Gasteiger partial charge in [0.05, 0.1) is 12.1 Å². The molecule has 0 aliphatic heterocycles. The van der Waals surface area contributed by atoms with Gasteiger partial charge in [0.1, 0.15) is 5.02 Å². The van der Waals surface area contributed by atoms with Crippen LogP contribution in [0, 0.1) is 6.92 Å². The summed E-state index contributed by atoms with van der Waals surface area (Å²) in [6.07, 6.45) is -3.54. The minimum Gasteiger partial charge on any atom is -0.467 e. The number of carbonyl (C=O) groups excluding carboxylic acids is 2. The molecule has 2 amide bonds. The molecule has 0 fully saturated rings. The minimum absolute atomic E-state index is 0.0309. The van der Waals surface area contributed by atoms with Crippen LogP contribution < -0.4 is 15.4 Å². The molecule has 1 aromatic heterocycles. The van der Waals surface area contributed by atoms with E-state index >= 15 is 0 Å². The van der Waals surface area contributed by atoms with Crippen LogP contribution >= 0.6 is 27.5 Å². The number of anilines is 1. The molecule has 0 saturated carbocycles. The van der Waals surface area contributed by atoms with E-state index in [9.17, 15) is 22.8 Å². The van der Waals surface area contributed by atoms with E-state index in [1.54, 1.807) is 18.2 Å². The summed E-state index contributed by atoms with van der Waals surface area (Å²) >= 11 is 9.13. The molecule has 0 radical (unpaired) electrons. The normalized spacial score (nSPS) is 11.1. The number of rotatable bonds is 6. The van der Waals surface area contributed by atoms with E-state index in [2.05, 4.69) is 36.3 Å². The molecule has 28 heavy (non-hydrogen) atoms. The van der Waals surface area contributed by atoms with Crippen molar-refractivity contribution in [2.45, 2.75) is 13.1 Å². The van der Waals surface area contributed by atoms with E-state index in [4.69, 9.17) is 11.6 Å². The van der Waals surface area contributed by atoms with Gasteiger partial charge in [-0.3, -0.25) is 9.59 Å². The third kappa shape index (κ3) is 6.68. The maximum absolute atomic E-state index is 12.2. The Morgan fingerprint density at radius 2 is 2.00 bits per heavy atom. The third-order valence-corrected chi connectivity index (χ3v) is 4.45. The average molecular weight is 481 g/mol. The zero-order chi connectivity index (χ0) is 20.9. The van der Waals surface area contributed by atoms with Gasteiger partial charge in [-0.1, -0.05) is 27.5 Å². The number of nitrogens with one attached hydrogen (secondary N) is 2. The molecule has 0 atom stereocenters. The molecule has 1 heterocycles. The molecular formula is C17H14BrClF3N3O3. The molecule has 0 spiro atoms. The van der Waals surface area contributed by atoms with Crippen LogP contribution in [-0.2, 0) is 4.79 Å². The molecule has 11 heteroatoms. The van der Waals surface area contributed by atoms with E-state index in [0.29, 0.717) is 5.69 Å². The Morgan fingerprint density at radius 1 is 1.29 bits per heavy atom. The Bertz CT molecular complexity index is 894. The molecule has 0 bridgehead atoms. The number of nitrogens with zero attached hydrogens (tertiary/aromatic N) is 1. The fourth-order valence-electron chi connectivity index (χ4n) is 2.00. The molecule has 2 N–H and O–H groups in total. The van der Waals surface area contributed by atoms with Crippen LogP contribution in [0.4, 0.5) is 18.9 Å². The summed E-state index contributed by atoms with van der Waals surface area (Å²) in [7, 11) is 0. The smallest absolute Gasteiger partial charge is 0.422 e. The fraction of sp³-hybridized carbons (Fsp3) is 0.235. The largest absolute Gasteiger partial charge is 0.467 e. The van der Waals surface area contributed by atoms with Crippen LogP contribution in [0.2, 0.25) is 5.02 Å². The van der Waals surface area contributed by atoms with Crippen LogP contribution in [0.15, 0.2) is 34.9 Å². The van der Waals surface area contributed by atoms with E-state index in [-0.39, 0.29) is 17.1 Å². The number of pyridine rings is 1. The van der Waals surface area contributed by atoms with Gasteiger partial charge in [0.15, 0.2) is 6.61 Å². The molecule has 150 valence electrons. The topological polar surface area (TPSA) is 80.3 Å². The number of ether oxygens (including phenoxy) is 1. The van der Waals surface area contributed by atoms with Gasteiger partial charge < -0.3 is 15.4 Å². The van der Waals surface area contributed by atoms with Crippen molar-refractivity contribution in [1.29, 1.82) is 0 Å². The average Bonchev–Trinajstić information content (AvgIpc) is 2.61. The summed E-state index contributed by atoms with van der Waals surface area (Å²) in [6, 6.07) is 6.33. The molecule has 2 aromatic rings. The highest BCUT2D eigenvalue weighted by Gasteiger charge is 2.29. The summed E-state index contributed by atoms with van der Waals surface area (Å²) < 4.78 is 41.8. The first-order chi connectivity index (χ1) is 13.0. The van der Waals surface area contributed by atoms with Crippen LogP contribution in [-0.4, -0.2) is 36.1 Å². The van der Waals surface area contributed by atoms with Crippen molar-refractivity contribution in [2.75, 3.05) is 18.5 Å². The Balaban J connectivity index is 1.90. The van der Waals surface area contributed by atoms with Crippen molar-refractivity contribution in [3.8, 4) is 5.88 Å². The molecule has 6 nitrogen and oxygen atoms in total. The highest BCUT2D eigenvalue weighted by Crippen LogP contribution is 2.25. The first-order valence-electron chi connectivity index (χ1n) is 7.74. The van der Waals surface area contributed by atoms with E-state index in [0.717, 1.165) is 22.3 Å². The lowest BCUT2D eigenvalue weighted by Gasteiger charge is -2.11. The van der Waals surface area contributed by atoms with Gasteiger partial charge in [-0.15, -0.1) is 0 Å². The Morgan fingerprint density at radius 3 is 2.61 bits per heavy atom. The number of carbonyl (C=O) groups is 2. The zero-order valence-corrected chi connectivity index (χ0v) is 16.7. The number of aryl methyl sites for hydroxylation is 1. The molecule has 2 rings (SSSR count). The van der Waals surface area contributed by atoms with E-state index in [1.807, 2.05) is 6.92 Å². The van der Waals surface area contributed by atoms with Gasteiger partial charge in [0, 0.05) is 16.4 Å². The lowest BCUT2D eigenvalue weighted by molar-refractivity contribution is -0.154. The number of hydrogen-bond donors (Lipinski definition) is 2. The Labute approximate surface area is 171 Å². The first kappa shape index (κ1) is 22.0. The second kappa shape index (κ2) is 9.24. The number of benzene rings is 1. The highest BCUT2D eigenvalue weighted by molar-refractivity contribution is 9.10. The summed E-state index contributed by atoms with van der Waals surface area (Å²) in [5.41, 5.74) is 1.46. The number of halogens is 5. The molecule has 0 unspecified atom stereocenters. The lowest BCUT2D eigenvalue weighted by Crippen LogP contribution is -2.33. The number of aromatic nitrogens is 1. The van der Waals surface area contributed by atoms with Gasteiger partial charge in [0.25, 0.3) is 5.91 Å². The van der Waals surface area contributed by atoms with Crippen molar-refractivity contribution < 1.29 is 27.5 Å². The first-order valence-corrected chi connectivity index (χ1v) is 8.91.